The van der Waals surface area contributed by atoms with Crippen LogP contribution < -0.4 is 15.0 Å². The Hall–Kier alpha value is -2.00. The van der Waals surface area contributed by atoms with Gasteiger partial charge in [0.2, 0.25) is 0 Å². The van der Waals surface area contributed by atoms with Gasteiger partial charge in [0.15, 0.2) is 5.13 Å². The largest absolute Gasteiger partial charge is 0.492 e. The molecule has 1 amide bonds. The molecule has 1 N–H and O–H groups in total. The van der Waals surface area contributed by atoms with Gasteiger partial charge in [0.1, 0.15) is 11.3 Å². The van der Waals surface area contributed by atoms with Crippen molar-refractivity contribution < 1.29 is 9.53 Å². The van der Waals surface area contributed by atoms with Crippen LogP contribution in [0.4, 0.5) is 5.13 Å². The maximum Gasteiger partial charge on any atom is 0.251 e. The van der Waals surface area contributed by atoms with E-state index in [1.165, 1.54) is 4.90 Å². The quantitative estimate of drug-likeness (QED) is 0.421. The van der Waals surface area contributed by atoms with E-state index in [1.54, 1.807) is 23.1 Å². The third-order valence-electron chi connectivity index (χ3n) is 5.45. The summed E-state index contributed by atoms with van der Waals surface area (Å²) >= 11 is 3.51. The molecule has 1 aliphatic heterocycles. The Balaban J connectivity index is 0.00000306. The molecule has 2 heterocycles. The molecule has 1 fully saturated rings. The van der Waals surface area contributed by atoms with E-state index in [4.69, 9.17) is 9.72 Å². The van der Waals surface area contributed by atoms with E-state index >= 15 is 0 Å². The number of benzene rings is 2. The lowest BCUT2D eigenvalue weighted by Crippen LogP contribution is -2.48. The van der Waals surface area contributed by atoms with Gasteiger partial charge in [0, 0.05) is 49.7 Å². The number of amides is 1. The molecule has 0 atom stereocenters. The van der Waals surface area contributed by atoms with E-state index < -0.39 is 0 Å². The van der Waals surface area contributed by atoms with Crippen molar-refractivity contribution in [1.29, 1.82) is 0 Å². The number of thioether (sulfide) groups is 1. The van der Waals surface area contributed by atoms with E-state index in [0.717, 1.165) is 65.1 Å². The van der Waals surface area contributed by atoms with Gasteiger partial charge < -0.3 is 15.0 Å². The fourth-order valence-corrected chi connectivity index (χ4v) is 5.48. The monoisotopic (exact) mass is 506 g/mol. The molecule has 1 aromatic heterocycles. The number of carbonyl (C=O) groups excluding carboxylic acids is 1. The number of hydrogen-bond donors (Lipinski definition) is 1. The molecule has 1 saturated heterocycles. The zero-order valence-corrected chi connectivity index (χ0v) is 21.5. The summed E-state index contributed by atoms with van der Waals surface area (Å²) in [4.78, 5) is 23.2. The number of carbonyl (C=O) groups is 1. The number of nitrogens with zero attached hydrogens (tertiary/aromatic N) is 3. The molecule has 0 spiro atoms. The first kappa shape index (κ1) is 25.6. The second-order valence-electron chi connectivity index (χ2n) is 7.57. The second-order valence-corrected chi connectivity index (χ2v) is 9.92. The van der Waals surface area contributed by atoms with Gasteiger partial charge in [-0.3, -0.25) is 9.69 Å². The van der Waals surface area contributed by atoms with Crippen molar-refractivity contribution >= 4 is 56.8 Å². The van der Waals surface area contributed by atoms with Crippen LogP contribution in [0.5, 0.6) is 5.75 Å². The Bertz CT molecular complexity index is 1040. The Morgan fingerprint density at radius 2 is 1.88 bits per heavy atom. The van der Waals surface area contributed by atoms with Crippen LogP contribution in [0.15, 0.2) is 47.4 Å². The predicted molar refractivity (Wildman–Crippen MR) is 142 cm³/mol. The molecule has 9 heteroatoms. The summed E-state index contributed by atoms with van der Waals surface area (Å²) in [6.45, 7) is 10.1. The smallest absolute Gasteiger partial charge is 0.251 e. The number of fused-ring (bicyclic) bond motifs is 1. The molecule has 0 bridgehead atoms. The van der Waals surface area contributed by atoms with E-state index in [1.807, 2.05) is 43.3 Å². The normalized spacial score (nSPS) is 14.2. The van der Waals surface area contributed by atoms with Gasteiger partial charge in [-0.2, -0.15) is 0 Å². The summed E-state index contributed by atoms with van der Waals surface area (Å²) in [5, 5.41) is 4.11. The van der Waals surface area contributed by atoms with Crippen molar-refractivity contribution in [3.05, 3.63) is 48.0 Å². The third-order valence-corrected chi connectivity index (χ3v) is 7.43. The molecule has 178 valence electrons. The Kier molecular flexibility index (Phi) is 9.67. The van der Waals surface area contributed by atoms with Crippen LogP contribution in [-0.4, -0.2) is 67.4 Å². The first-order chi connectivity index (χ1) is 15.7. The average Bonchev–Trinajstić information content (AvgIpc) is 3.26. The molecule has 0 aliphatic carbocycles. The molecule has 4 rings (SSSR count). The third kappa shape index (κ3) is 6.53. The SMILES string of the molecule is CCOc1cccc2sc(N3CCN(CCNC(=O)c4ccc(SCC)cc4)CC3)nc12.Cl. The van der Waals surface area contributed by atoms with Gasteiger partial charge in [-0.1, -0.05) is 24.3 Å². The van der Waals surface area contributed by atoms with Crippen LogP contribution >= 0.6 is 35.5 Å². The van der Waals surface area contributed by atoms with Crippen molar-refractivity contribution in [3.63, 3.8) is 0 Å². The van der Waals surface area contributed by atoms with Crippen LogP contribution in [0.3, 0.4) is 0 Å². The first-order valence-electron chi connectivity index (χ1n) is 11.2. The van der Waals surface area contributed by atoms with Crippen molar-refractivity contribution in [2.45, 2.75) is 18.7 Å². The van der Waals surface area contributed by atoms with Crippen molar-refractivity contribution in [2.24, 2.45) is 0 Å². The molecular formula is C24H31ClN4O2S2. The standard InChI is InChI=1S/C24H30N4O2S2.ClH/c1-3-30-20-6-5-7-21-22(20)26-24(32-21)28-16-14-27(15-17-28)13-12-25-23(29)18-8-10-19(11-9-18)31-4-2;/h5-11H,3-4,12-17H2,1-2H3,(H,25,29);1H. The summed E-state index contributed by atoms with van der Waals surface area (Å²) in [6, 6.07) is 14.0. The number of ether oxygens (including phenoxy) is 1. The lowest BCUT2D eigenvalue weighted by atomic mass is 10.2. The first-order valence-corrected chi connectivity index (χ1v) is 13.0. The molecule has 3 aromatic rings. The number of aromatic nitrogens is 1. The molecule has 0 saturated carbocycles. The van der Waals surface area contributed by atoms with E-state index in [0.29, 0.717) is 13.2 Å². The van der Waals surface area contributed by atoms with Crippen molar-refractivity contribution in [3.8, 4) is 5.75 Å². The lowest BCUT2D eigenvalue weighted by molar-refractivity contribution is 0.0947. The minimum atomic E-state index is -0.00346. The minimum Gasteiger partial charge on any atom is -0.492 e. The average molecular weight is 507 g/mol. The summed E-state index contributed by atoms with van der Waals surface area (Å²) in [5.41, 5.74) is 1.68. The summed E-state index contributed by atoms with van der Waals surface area (Å²) in [6.07, 6.45) is 0. The van der Waals surface area contributed by atoms with Crippen molar-refractivity contribution in [1.82, 2.24) is 15.2 Å². The molecular weight excluding hydrogens is 476 g/mol. The number of rotatable bonds is 9. The molecule has 6 nitrogen and oxygen atoms in total. The summed E-state index contributed by atoms with van der Waals surface area (Å²) < 4.78 is 6.90. The Labute approximate surface area is 210 Å². The maximum absolute atomic E-state index is 12.4. The topological polar surface area (TPSA) is 57.7 Å². The van der Waals surface area contributed by atoms with Gasteiger partial charge in [0.05, 0.1) is 11.3 Å². The molecule has 33 heavy (non-hydrogen) atoms. The minimum absolute atomic E-state index is 0. The summed E-state index contributed by atoms with van der Waals surface area (Å²) in [7, 11) is 0. The number of nitrogens with one attached hydrogen (secondary N) is 1. The fraction of sp³-hybridized carbons (Fsp3) is 0.417. The Morgan fingerprint density at radius 1 is 1.12 bits per heavy atom. The van der Waals surface area contributed by atoms with Gasteiger partial charge in [0.25, 0.3) is 5.91 Å². The zero-order chi connectivity index (χ0) is 22.3. The van der Waals surface area contributed by atoms with Gasteiger partial charge in [-0.05, 0) is 49.1 Å². The van der Waals surface area contributed by atoms with E-state index in [2.05, 4.69) is 28.1 Å². The number of thiazole rings is 1. The van der Waals surface area contributed by atoms with Gasteiger partial charge in [-0.25, -0.2) is 4.98 Å². The lowest BCUT2D eigenvalue weighted by Gasteiger charge is -2.34. The van der Waals surface area contributed by atoms with Crippen molar-refractivity contribution in [2.75, 3.05) is 56.5 Å². The summed E-state index contributed by atoms with van der Waals surface area (Å²) in [5.74, 6) is 1.89. The maximum atomic E-state index is 12.4. The predicted octanol–water partition coefficient (Wildman–Crippen LogP) is 4.78. The molecule has 1 aliphatic rings. The second kappa shape index (κ2) is 12.5. The Morgan fingerprint density at radius 3 is 2.58 bits per heavy atom. The highest BCUT2D eigenvalue weighted by atomic mass is 35.5. The molecule has 0 unspecified atom stereocenters. The number of hydrogen-bond acceptors (Lipinski definition) is 7. The molecule has 2 aromatic carbocycles. The van der Waals surface area contributed by atoms with Gasteiger partial charge in [-0.15, -0.1) is 24.2 Å². The van der Waals surface area contributed by atoms with Crippen LogP contribution in [0.25, 0.3) is 10.2 Å². The van der Waals surface area contributed by atoms with Gasteiger partial charge >= 0.3 is 0 Å². The van der Waals surface area contributed by atoms with Crippen LogP contribution in [0, 0.1) is 0 Å². The highest BCUT2D eigenvalue weighted by Gasteiger charge is 2.20. The highest BCUT2D eigenvalue weighted by Crippen LogP contribution is 2.34. The number of para-hydroxylation sites is 1. The number of anilines is 1. The highest BCUT2D eigenvalue weighted by molar-refractivity contribution is 7.99. The molecule has 0 radical (unpaired) electrons. The fourth-order valence-electron chi connectivity index (χ4n) is 3.78. The van der Waals surface area contributed by atoms with Crippen LogP contribution in [0.1, 0.15) is 24.2 Å². The number of piperazine rings is 1. The van der Waals surface area contributed by atoms with Crippen LogP contribution in [0.2, 0.25) is 0 Å². The van der Waals surface area contributed by atoms with Crippen LogP contribution in [-0.2, 0) is 0 Å². The zero-order valence-electron chi connectivity index (χ0n) is 19.1. The van der Waals surface area contributed by atoms with E-state index in [-0.39, 0.29) is 18.3 Å². The van der Waals surface area contributed by atoms with E-state index in [9.17, 15) is 4.79 Å². The number of halogens is 1.